The zero-order valence-corrected chi connectivity index (χ0v) is 18.8. The normalized spacial score (nSPS) is 10.8. The van der Waals surface area contributed by atoms with E-state index in [0.29, 0.717) is 22.4 Å². The van der Waals surface area contributed by atoms with Crippen molar-refractivity contribution in [1.29, 1.82) is 0 Å². The number of carbonyl (C=O) groups is 1. The lowest BCUT2D eigenvalue weighted by atomic mass is 10.2. The van der Waals surface area contributed by atoms with Gasteiger partial charge in [0, 0.05) is 21.3 Å². The summed E-state index contributed by atoms with van der Waals surface area (Å²) in [6.07, 6.45) is 1.56. The molecule has 0 atom stereocenters. The van der Waals surface area contributed by atoms with Gasteiger partial charge in [-0.1, -0.05) is 47.5 Å². The molecule has 0 spiro atoms. The second-order valence-electron chi connectivity index (χ2n) is 6.23. The minimum absolute atomic E-state index is 0.130. The van der Waals surface area contributed by atoms with Gasteiger partial charge in [0.25, 0.3) is 5.91 Å². The van der Waals surface area contributed by atoms with E-state index < -0.39 is 0 Å². The topological polar surface area (TPSA) is 62.7 Å². The fourth-order valence-corrected chi connectivity index (χ4v) is 3.44. The minimum Gasteiger partial charge on any atom is -0.488 e. The van der Waals surface area contributed by atoms with Crippen LogP contribution in [0.25, 0.3) is 0 Å². The summed E-state index contributed by atoms with van der Waals surface area (Å²) in [6.45, 7) is 0.442. The lowest BCUT2D eigenvalue weighted by Crippen LogP contribution is -2.25. The zero-order chi connectivity index (χ0) is 21.3. The van der Waals surface area contributed by atoms with Gasteiger partial charge in [-0.2, -0.15) is 5.10 Å². The smallest absolute Gasteiger partial charge is 0.259 e. The highest BCUT2D eigenvalue weighted by atomic mass is 79.9. The standard InChI is InChI=1S/C22H18BrCl2N3O2/c23-19-10-15(12-27-28-22(29)13-26-18-4-2-1-3-5-18)6-9-21(19)30-14-16-7-8-17(24)11-20(16)25/h1-12,26H,13-14H2,(H,28,29)/b27-12-. The van der Waals surface area contributed by atoms with Gasteiger partial charge in [-0.15, -0.1) is 0 Å². The molecule has 2 N–H and O–H groups in total. The third-order valence-corrected chi connectivity index (χ3v) is 5.19. The number of ether oxygens (including phenoxy) is 1. The molecule has 0 aliphatic rings. The Morgan fingerprint density at radius 2 is 1.87 bits per heavy atom. The van der Waals surface area contributed by atoms with Crippen molar-refractivity contribution in [2.24, 2.45) is 5.10 Å². The summed E-state index contributed by atoms with van der Waals surface area (Å²) in [6, 6.07) is 20.3. The van der Waals surface area contributed by atoms with Crippen molar-refractivity contribution in [2.45, 2.75) is 6.61 Å². The van der Waals surface area contributed by atoms with Crippen LogP contribution in [0.2, 0.25) is 10.0 Å². The molecule has 0 saturated heterocycles. The number of nitrogens with one attached hydrogen (secondary N) is 2. The average Bonchev–Trinajstić information content (AvgIpc) is 2.73. The molecule has 3 aromatic rings. The van der Waals surface area contributed by atoms with Crippen molar-refractivity contribution in [3.05, 3.63) is 92.4 Å². The Labute approximate surface area is 193 Å². The predicted molar refractivity (Wildman–Crippen MR) is 126 cm³/mol. The third kappa shape index (κ3) is 6.76. The summed E-state index contributed by atoms with van der Waals surface area (Å²) in [5.41, 5.74) is 5.00. The molecule has 0 radical (unpaired) electrons. The summed E-state index contributed by atoms with van der Waals surface area (Å²) in [5, 5.41) is 8.13. The fraction of sp³-hybridized carbons (Fsp3) is 0.0909. The van der Waals surface area contributed by atoms with Gasteiger partial charge in [-0.3, -0.25) is 4.79 Å². The Balaban J connectivity index is 1.50. The van der Waals surface area contributed by atoms with E-state index in [2.05, 4.69) is 31.8 Å². The summed E-state index contributed by atoms with van der Waals surface area (Å²) in [7, 11) is 0. The first-order valence-corrected chi connectivity index (χ1v) is 10.5. The number of hydrogen-bond donors (Lipinski definition) is 2. The van der Waals surface area contributed by atoms with E-state index in [1.165, 1.54) is 0 Å². The van der Waals surface area contributed by atoms with Crippen molar-refractivity contribution >= 4 is 56.9 Å². The molecule has 0 aliphatic carbocycles. The Hall–Kier alpha value is -2.54. The van der Waals surface area contributed by atoms with E-state index in [-0.39, 0.29) is 12.5 Å². The van der Waals surface area contributed by atoms with Gasteiger partial charge >= 0.3 is 0 Å². The Morgan fingerprint density at radius 3 is 2.60 bits per heavy atom. The molecule has 3 rings (SSSR count). The number of hydrogen-bond acceptors (Lipinski definition) is 4. The molecule has 3 aromatic carbocycles. The molecule has 0 bridgehead atoms. The van der Waals surface area contributed by atoms with Crippen LogP contribution in [0.5, 0.6) is 5.75 Å². The highest BCUT2D eigenvalue weighted by Crippen LogP contribution is 2.28. The minimum atomic E-state index is -0.242. The van der Waals surface area contributed by atoms with Crippen LogP contribution >= 0.6 is 39.1 Å². The van der Waals surface area contributed by atoms with E-state index in [4.69, 9.17) is 27.9 Å². The van der Waals surface area contributed by atoms with Gasteiger partial charge < -0.3 is 10.1 Å². The molecule has 154 valence electrons. The third-order valence-electron chi connectivity index (χ3n) is 3.98. The van der Waals surface area contributed by atoms with E-state index in [9.17, 15) is 4.79 Å². The summed E-state index contributed by atoms with van der Waals surface area (Å²) >= 11 is 15.6. The molecule has 0 heterocycles. The van der Waals surface area contributed by atoms with Gasteiger partial charge in [0.05, 0.1) is 17.2 Å². The Morgan fingerprint density at radius 1 is 1.07 bits per heavy atom. The second-order valence-corrected chi connectivity index (χ2v) is 7.92. The van der Waals surface area contributed by atoms with E-state index >= 15 is 0 Å². The van der Waals surface area contributed by atoms with Crippen molar-refractivity contribution in [3.63, 3.8) is 0 Å². The highest BCUT2D eigenvalue weighted by molar-refractivity contribution is 9.10. The van der Waals surface area contributed by atoms with Crippen LogP contribution in [-0.4, -0.2) is 18.7 Å². The number of nitrogens with zero attached hydrogens (tertiary/aromatic N) is 1. The number of benzene rings is 3. The van der Waals surface area contributed by atoms with Crippen LogP contribution in [-0.2, 0) is 11.4 Å². The summed E-state index contributed by atoms with van der Waals surface area (Å²) in [4.78, 5) is 11.9. The largest absolute Gasteiger partial charge is 0.488 e. The van der Waals surface area contributed by atoms with Crippen LogP contribution < -0.4 is 15.5 Å². The van der Waals surface area contributed by atoms with Crippen LogP contribution in [0, 0.1) is 0 Å². The molecule has 5 nitrogen and oxygen atoms in total. The maximum atomic E-state index is 11.9. The summed E-state index contributed by atoms with van der Waals surface area (Å²) < 4.78 is 6.58. The lowest BCUT2D eigenvalue weighted by Gasteiger charge is -2.10. The van der Waals surface area contributed by atoms with E-state index in [1.54, 1.807) is 18.3 Å². The maximum absolute atomic E-state index is 11.9. The van der Waals surface area contributed by atoms with Crippen LogP contribution in [0.15, 0.2) is 76.3 Å². The number of halogens is 3. The van der Waals surface area contributed by atoms with Crippen molar-refractivity contribution < 1.29 is 9.53 Å². The highest BCUT2D eigenvalue weighted by Gasteiger charge is 2.06. The van der Waals surface area contributed by atoms with Gasteiger partial charge in [-0.25, -0.2) is 5.43 Å². The quantitative estimate of drug-likeness (QED) is 0.295. The fourth-order valence-electron chi connectivity index (χ4n) is 2.47. The molecule has 30 heavy (non-hydrogen) atoms. The number of hydrazone groups is 1. The predicted octanol–water partition coefficient (Wildman–Crippen LogP) is 5.90. The van der Waals surface area contributed by atoms with Crippen molar-refractivity contribution in [3.8, 4) is 5.75 Å². The monoisotopic (exact) mass is 505 g/mol. The first kappa shape index (κ1) is 22.2. The molecule has 0 unspecified atom stereocenters. The number of rotatable bonds is 8. The van der Waals surface area contributed by atoms with Gasteiger partial charge in [0.1, 0.15) is 12.4 Å². The van der Waals surface area contributed by atoms with E-state index in [1.807, 2.05) is 54.6 Å². The van der Waals surface area contributed by atoms with Gasteiger partial charge in [-0.05, 0) is 64.0 Å². The Bertz CT molecular complexity index is 1050. The van der Waals surface area contributed by atoms with Gasteiger partial charge in [0.2, 0.25) is 0 Å². The number of anilines is 1. The lowest BCUT2D eigenvalue weighted by molar-refractivity contribution is -0.119. The SMILES string of the molecule is O=C(CNc1ccccc1)N/N=C\c1ccc(OCc2ccc(Cl)cc2Cl)c(Br)c1. The summed E-state index contributed by atoms with van der Waals surface area (Å²) in [5.74, 6) is 0.420. The van der Waals surface area contributed by atoms with E-state index in [0.717, 1.165) is 21.3 Å². The van der Waals surface area contributed by atoms with Crippen LogP contribution in [0.4, 0.5) is 5.69 Å². The molecular formula is C22H18BrCl2N3O2. The number of carbonyl (C=O) groups excluding carboxylic acids is 1. The van der Waals surface area contributed by atoms with Crippen LogP contribution in [0.1, 0.15) is 11.1 Å². The molecule has 0 aliphatic heterocycles. The second kappa shape index (κ2) is 11.0. The van der Waals surface area contributed by atoms with Crippen molar-refractivity contribution in [1.82, 2.24) is 5.43 Å². The number of amides is 1. The van der Waals surface area contributed by atoms with Crippen molar-refractivity contribution in [2.75, 3.05) is 11.9 Å². The maximum Gasteiger partial charge on any atom is 0.259 e. The zero-order valence-electron chi connectivity index (χ0n) is 15.7. The average molecular weight is 507 g/mol. The molecule has 0 aromatic heterocycles. The Kier molecular flexibility index (Phi) is 8.13. The van der Waals surface area contributed by atoms with Crippen LogP contribution in [0.3, 0.4) is 0 Å². The molecule has 0 fully saturated rings. The van der Waals surface area contributed by atoms with Gasteiger partial charge in [0.15, 0.2) is 0 Å². The molecule has 0 saturated carbocycles. The molecule has 1 amide bonds. The molecular weight excluding hydrogens is 489 g/mol. The first-order valence-electron chi connectivity index (χ1n) is 8.98. The molecule has 8 heteroatoms. The first-order chi connectivity index (χ1) is 14.5. The number of para-hydroxylation sites is 1.